The zero-order valence-corrected chi connectivity index (χ0v) is 10.5. The highest BCUT2D eigenvalue weighted by Crippen LogP contribution is 2.42. The number of hydrogen-bond acceptors (Lipinski definition) is 3. The zero-order chi connectivity index (χ0) is 13.1. The van der Waals surface area contributed by atoms with Gasteiger partial charge in [-0.05, 0) is 11.5 Å². The van der Waals surface area contributed by atoms with E-state index in [9.17, 15) is 15.3 Å². The van der Waals surface area contributed by atoms with Crippen molar-refractivity contribution < 1.29 is 10.0 Å². The fourth-order valence-electron chi connectivity index (χ4n) is 2.37. The summed E-state index contributed by atoms with van der Waals surface area (Å²) in [5.74, 6) is -0.554. The fraction of sp³-hybridized carbons (Fsp3) is 0.462. The normalized spacial score (nSPS) is 16.1. The third-order valence-electron chi connectivity index (χ3n) is 3.51. The average Bonchev–Trinajstić information content (AvgIpc) is 2.31. The maximum absolute atomic E-state index is 9.55. The lowest BCUT2D eigenvalue weighted by Gasteiger charge is -2.36. The van der Waals surface area contributed by atoms with Crippen LogP contribution in [0, 0.1) is 17.2 Å². The molecule has 3 nitrogen and oxygen atoms in total. The Hall–Kier alpha value is -1.31. The van der Waals surface area contributed by atoms with Crippen molar-refractivity contribution in [2.24, 2.45) is 5.92 Å². The summed E-state index contributed by atoms with van der Waals surface area (Å²) >= 11 is 0. The summed E-state index contributed by atoms with van der Waals surface area (Å²) in [6.45, 7) is 5.55. The molecule has 0 aliphatic heterocycles. The Morgan fingerprint density at radius 2 is 1.71 bits per heavy atom. The molecule has 90 valence electrons. The van der Waals surface area contributed by atoms with E-state index in [-0.39, 0.29) is 5.92 Å². The van der Waals surface area contributed by atoms with Gasteiger partial charge in [-0.1, -0.05) is 51.1 Å². The van der Waals surface area contributed by atoms with E-state index in [0.717, 1.165) is 5.56 Å². The largest absolute Gasteiger partial charge is 0.456 e. The predicted octanol–water partition coefficient (Wildman–Crippen LogP) is 1.97. The molecule has 2 atom stereocenters. The van der Waals surface area contributed by atoms with Crippen molar-refractivity contribution in [3.05, 3.63) is 35.9 Å². The van der Waals surface area contributed by atoms with Gasteiger partial charge < -0.3 is 10.0 Å². The molecule has 17 heavy (non-hydrogen) atoms. The molecule has 0 aliphatic rings. The molecule has 0 spiro atoms. The highest BCUT2D eigenvalue weighted by Gasteiger charge is 2.46. The molecule has 0 aliphatic carbocycles. The van der Waals surface area contributed by atoms with Gasteiger partial charge in [-0.3, -0.25) is 0 Å². The summed E-state index contributed by atoms with van der Waals surface area (Å²) in [6, 6.07) is 11.6. The maximum Gasteiger partial charge on any atom is 0.456 e. The average molecular weight is 231 g/mol. The summed E-state index contributed by atoms with van der Waals surface area (Å²) in [6.07, 6.45) is 0. The summed E-state index contributed by atoms with van der Waals surface area (Å²) in [5, 5.41) is 28.4. The quantitative estimate of drug-likeness (QED) is 0.778. The highest BCUT2D eigenvalue weighted by molar-refractivity contribution is 6.43. The van der Waals surface area contributed by atoms with Gasteiger partial charge in [0.25, 0.3) is 0 Å². The van der Waals surface area contributed by atoms with Crippen LogP contribution in [0.1, 0.15) is 26.3 Å². The minimum atomic E-state index is -1.50. The van der Waals surface area contributed by atoms with Crippen LogP contribution in [0.3, 0.4) is 0 Å². The van der Waals surface area contributed by atoms with Crippen molar-refractivity contribution in [1.82, 2.24) is 0 Å². The number of hydrogen-bond donors (Lipinski definition) is 2. The van der Waals surface area contributed by atoms with Gasteiger partial charge in [-0.2, -0.15) is 5.26 Å². The number of nitrogens with zero attached hydrogens (tertiary/aromatic N) is 1. The molecule has 0 fully saturated rings. The minimum Gasteiger partial charge on any atom is -0.427 e. The van der Waals surface area contributed by atoms with Crippen LogP contribution in [-0.4, -0.2) is 17.2 Å². The molecule has 0 heterocycles. The van der Waals surface area contributed by atoms with Crippen LogP contribution in [0.4, 0.5) is 0 Å². The van der Waals surface area contributed by atoms with Gasteiger partial charge in [0.15, 0.2) is 0 Å². The summed E-state index contributed by atoms with van der Waals surface area (Å²) in [7, 11) is -1.50. The van der Waals surface area contributed by atoms with Gasteiger partial charge in [0, 0.05) is 5.82 Å². The third kappa shape index (κ3) is 2.36. The Balaban J connectivity index is 3.35. The molecule has 0 saturated carbocycles. The van der Waals surface area contributed by atoms with E-state index in [0.29, 0.717) is 0 Å². The van der Waals surface area contributed by atoms with Gasteiger partial charge in [0.05, 0.1) is 11.5 Å². The summed E-state index contributed by atoms with van der Waals surface area (Å²) in [5.41, 5.74) is -0.0480. The fourth-order valence-corrected chi connectivity index (χ4v) is 2.37. The lowest BCUT2D eigenvalue weighted by Crippen LogP contribution is -2.41. The SMILES string of the molecule is CC(C)C(C#N)(c1ccccc1)C(C)B(O)O. The second-order valence-corrected chi connectivity index (χ2v) is 4.70. The van der Waals surface area contributed by atoms with Crippen molar-refractivity contribution >= 4 is 7.12 Å². The van der Waals surface area contributed by atoms with Crippen LogP contribution in [0.2, 0.25) is 5.82 Å². The molecule has 0 radical (unpaired) electrons. The smallest absolute Gasteiger partial charge is 0.427 e. The molecule has 1 aromatic carbocycles. The van der Waals surface area contributed by atoms with Gasteiger partial charge in [-0.15, -0.1) is 0 Å². The monoisotopic (exact) mass is 231 g/mol. The first kappa shape index (κ1) is 13.8. The highest BCUT2D eigenvalue weighted by atomic mass is 16.4. The van der Waals surface area contributed by atoms with Crippen molar-refractivity contribution in [2.45, 2.75) is 32.0 Å². The third-order valence-corrected chi connectivity index (χ3v) is 3.51. The molecule has 1 aromatic rings. The van der Waals surface area contributed by atoms with Crippen LogP contribution >= 0.6 is 0 Å². The Kier molecular flexibility index (Phi) is 4.33. The molecule has 2 N–H and O–H groups in total. The first-order valence-corrected chi connectivity index (χ1v) is 5.79. The van der Waals surface area contributed by atoms with E-state index in [1.165, 1.54) is 0 Å². The predicted molar refractivity (Wildman–Crippen MR) is 68.2 cm³/mol. The van der Waals surface area contributed by atoms with Crippen LogP contribution in [0.5, 0.6) is 0 Å². The van der Waals surface area contributed by atoms with Gasteiger partial charge >= 0.3 is 7.12 Å². The van der Waals surface area contributed by atoms with Gasteiger partial charge in [-0.25, -0.2) is 0 Å². The zero-order valence-electron chi connectivity index (χ0n) is 10.5. The number of nitriles is 1. The van der Waals surface area contributed by atoms with E-state index in [1.54, 1.807) is 6.92 Å². The first-order chi connectivity index (χ1) is 7.96. The van der Waals surface area contributed by atoms with Crippen molar-refractivity contribution in [2.75, 3.05) is 0 Å². The number of rotatable bonds is 4. The van der Waals surface area contributed by atoms with E-state index >= 15 is 0 Å². The minimum absolute atomic E-state index is 0.00769. The molecule has 0 aromatic heterocycles. The molecule has 0 amide bonds. The van der Waals surface area contributed by atoms with Gasteiger partial charge in [0.1, 0.15) is 0 Å². The molecule has 2 unspecified atom stereocenters. The summed E-state index contributed by atoms with van der Waals surface area (Å²) < 4.78 is 0. The van der Waals surface area contributed by atoms with Crippen LogP contribution < -0.4 is 0 Å². The van der Waals surface area contributed by atoms with Gasteiger partial charge in [0.2, 0.25) is 0 Å². The number of benzene rings is 1. The Bertz CT molecular complexity index is 400. The maximum atomic E-state index is 9.55. The van der Waals surface area contributed by atoms with Crippen molar-refractivity contribution in [3.63, 3.8) is 0 Å². The van der Waals surface area contributed by atoms with Crippen LogP contribution in [0.15, 0.2) is 30.3 Å². The molecular weight excluding hydrogens is 213 g/mol. The first-order valence-electron chi connectivity index (χ1n) is 5.79. The molecule has 0 saturated heterocycles. The topological polar surface area (TPSA) is 64.2 Å². The second kappa shape index (κ2) is 5.35. The summed E-state index contributed by atoms with van der Waals surface area (Å²) in [4.78, 5) is 0. The molecular formula is C13H18BNO2. The van der Waals surface area contributed by atoms with E-state index < -0.39 is 18.4 Å². The van der Waals surface area contributed by atoms with Crippen LogP contribution in [0.25, 0.3) is 0 Å². The lowest BCUT2D eigenvalue weighted by molar-refractivity contribution is 0.310. The Labute approximate surface area is 103 Å². The standard InChI is InChI=1S/C13H18BNO2/c1-10(2)13(9-15,11(3)14(16)17)12-7-5-4-6-8-12/h4-8,10-11,16-17H,1-3H3. The van der Waals surface area contributed by atoms with Crippen molar-refractivity contribution in [3.8, 4) is 6.07 Å². The Morgan fingerprint density at radius 1 is 1.18 bits per heavy atom. The Morgan fingerprint density at radius 3 is 2.06 bits per heavy atom. The van der Waals surface area contributed by atoms with Crippen molar-refractivity contribution in [1.29, 1.82) is 5.26 Å². The van der Waals surface area contributed by atoms with E-state index in [1.807, 2.05) is 44.2 Å². The van der Waals surface area contributed by atoms with E-state index in [4.69, 9.17) is 0 Å². The van der Waals surface area contributed by atoms with E-state index in [2.05, 4.69) is 6.07 Å². The molecule has 4 heteroatoms. The van der Waals surface area contributed by atoms with Crippen LogP contribution in [-0.2, 0) is 5.41 Å². The molecule has 0 bridgehead atoms. The molecule has 1 rings (SSSR count). The second-order valence-electron chi connectivity index (χ2n) is 4.70. The lowest BCUT2D eigenvalue weighted by atomic mass is 9.53.